The number of hydrogen-bond acceptors (Lipinski definition) is 3. The van der Waals surface area contributed by atoms with Crippen LogP contribution in [0.3, 0.4) is 0 Å². The predicted octanol–water partition coefficient (Wildman–Crippen LogP) is 15.8. The summed E-state index contributed by atoms with van der Waals surface area (Å²) in [4.78, 5) is 2.41. The van der Waals surface area contributed by atoms with Crippen molar-refractivity contribution in [1.29, 1.82) is 0 Å². The smallest absolute Gasteiger partial charge is 0.0619 e. The van der Waals surface area contributed by atoms with Gasteiger partial charge in [0.25, 0.3) is 0 Å². The SMILES string of the molecule is c1ccc2c(c1)ccc1c3ccccc3n(-c3ccc(-c4ccc(N(c5ccc6c(c5)sc5ccccc56)c5ccc6sc7ccccc7c6c5)cc4)cc3)c21. The Labute approximate surface area is 331 Å². The molecule has 12 rings (SSSR count). The number of benzene rings is 9. The lowest BCUT2D eigenvalue weighted by Gasteiger charge is -2.26. The van der Waals surface area contributed by atoms with Gasteiger partial charge in [0.2, 0.25) is 0 Å². The molecule has 0 saturated carbocycles. The number of para-hydroxylation sites is 1. The van der Waals surface area contributed by atoms with Crippen molar-refractivity contribution in [2.24, 2.45) is 0 Å². The predicted molar refractivity (Wildman–Crippen MR) is 244 cm³/mol. The Morgan fingerprint density at radius 1 is 0.339 bits per heavy atom. The van der Waals surface area contributed by atoms with Crippen molar-refractivity contribution in [3.05, 3.63) is 194 Å². The highest BCUT2D eigenvalue weighted by atomic mass is 32.1. The normalized spacial score (nSPS) is 11.9. The molecule has 9 aromatic carbocycles. The number of aromatic nitrogens is 1. The van der Waals surface area contributed by atoms with Crippen molar-refractivity contribution in [3.8, 4) is 16.8 Å². The van der Waals surface area contributed by atoms with Crippen LogP contribution in [0.4, 0.5) is 17.1 Å². The fraction of sp³-hybridized carbons (Fsp3) is 0. The summed E-state index contributed by atoms with van der Waals surface area (Å²) >= 11 is 3.72. The van der Waals surface area contributed by atoms with E-state index in [0.717, 1.165) is 22.7 Å². The van der Waals surface area contributed by atoms with E-state index in [4.69, 9.17) is 0 Å². The van der Waals surface area contributed by atoms with Crippen molar-refractivity contribution in [3.63, 3.8) is 0 Å². The highest BCUT2D eigenvalue weighted by molar-refractivity contribution is 7.26. The molecular formula is C52H32N2S2. The van der Waals surface area contributed by atoms with Gasteiger partial charge in [-0.25, -0.2) is 0 Å². The van der Waals surface area contributed by atoms with Crippen LogP contribution >= 0.6 is 22.7 Å². The van der Waals surface area contributed by atoms with Crippen molar-refractivity contribution in [2.75, 3.05) is 4.90 Å². The number of nitrogens with zero attached hydrogens (tertiary/aromatic N) is 2. The first-order chi connectivity index (χ1) is 27.7. The second-order valence-corrected chi connectivity index (χ2v) is 16.7. The molecule has 0 aliphatic rings. The maximum Gasteiger partial charge on any atom is 0.0619 e. The number of thiophene rings is 2. The molecular weight excluding hydrogens is 717 g/mol. The van der Waals surface area contributed by atoms with Gasteiger partial charge in [0.05, 0.1) is 11.0 Å². The van der Waals surface area contributed by atoms with Gasteiger partial charge in [0.1, 0.15) is 0 Å². The molecule has 0 aliphatic carbocycles. The van der Waals surface area contributed by atoms with Gasteiger partial charge in [-0.2, -0.15) is 0 Å². The Balaban J connectivity index is 0.960. The van der Waals surface area contributed by atoms with Gasteiger partial charge in [-0.3, -0.25) is 0 Å². The fourth-order valence-electron chi connectivity index (χ4n) is 8.76. The zero-order valence-electron chi connectivity index (χ0n) is 30.2. The largest absolute Gasteiger partial charge is 0.310 e. The molecule has 0 radical (unpaired) electrons. The van der Waals surface area contributed by atoms with E-state index in [-0.39, 0.29) is 0 Å². The van der Waals surface area contributed by atoms with E-state index in [9.17, 15) is 0 Å². The molecule has 0 saturated heterocycles. The summed E-state index contributed by atoms with van der Waals surface area (Å²) in [6, 6.07) is 71.5. The van der Waals surface area contributed by atoms with Crippen LogP contribution in [0.1, 0.15) is 0 Å². The summed E-state index contributed by atoms with van der Waals surface area (Å²) in [5.41, 5.74) is 9.44. The minimum absolute atomic E-state index is 1.13. The monoisotopic (exact) mass is 748 g/mol. The minimum atomic E-state index is 1.13. The van der Waals surface area contributed by atoms with Gasteiger partial charge in [0.15, 0.2) is 0 Å². The lowest BCUT2D eigenvalue weighted by molar-refractivity contribution is 1.19. The molecule has 4 heteroatoms. The topological polar surface area (TPSA) is 8.17 Å². The lowest BCUT2D eigenvalue weighted by Crippen LogP contribution is -2.09. The third-order valence-corrected chi connectivity index (χ3v) is 13.7. The maximum absolute atomic E-state index is 2.43. The van der Waals surface area contributed by atoms with Crippen molar-refractivity contribution in [2.45, 2.75) is 0 Å². The van der Waals surface area contributed by atoms with E-state index in [0.29, 0.717) is 0 Å². The van der Waals surface area contributed by atoms with Crippen LogP contribution in [0, 0.1) is 0 Å². The van der Waals surface area contributed by atoms with Crippen LogP contribution in [0.25, 0.3) is 89.7 Å². The van der Waals surface area contributed by atoms with E-state index >= 15 is 0 Å². The van der Waals surface area contributed by atoms with Crippen molar-refractivity contribution in [1.82, 2.24) is 4.57 Å². The first-order valence-electron chi connectivity index (χ1n) is 19.0. The third-order valence-electron chi connectivity index (χ3n) is 11.4. The molecule has 0 aliphatic heterocycles. The van der Waals surface area contributed by atoms with Crippen molar-refractivity contribution < 1.29 is 0 Å². The highest BCUT2D eigenvalue weighted by Crippen LogP contribution is 2.44. The quantitative estimate of drug-likeness (QED) is 0.170. The van der Waals surface area contributed by atoms with Crippen LogP contribution in [-0.2, 0) is 0 Å². The van der Waals surface area contributed by atoms with Crippen molar-refractivity contribution >= 4 is 113 Å². The summed E-state index contributed by atoms with van der Waals surface area (Å²) in [5.74, 6) is 0. The summed E-state index contributed by atoms with van der Waals surface area (Å²) in [5, 5.41) is 10.3. The van der Waals surface area contributed by atoms with E-state index in [2.05, 4.69) is 204 Å². The number of rotatable bonds is 5. The van der Waals surface area contributed by atoms with E-state index in [1.54, 1.807) is 0 Å². The van der Waals surface area contributed by atoms with Gasteiger partial charge >= 0.3 is 0 Å². The number of hydrogen-bond donors (Lipinski definition) is 0. The fourth-order valence-corrected chi connectivity index (χ4v) is 11.0. The van der Waals surface area contributed by atoms with Crippen LogP contribution in [-0.4, -0.2) is 4.57 Å². The van der Waals surface area contributed by atoms with Gasteiger partial charge < -0.3 is 9.47 Å². The highest BCUT2D eigenvalue weighted by Gasteiger charge is 2.18. The lowest BCUT2D eigenvalue weighted by atomic mass is 10.0. The molecule has 2 nitrogen and oxygen atoms in total. The van der Waals surface area contributed by atoms with Gasteiger partial charge in [-0.15, -0.1) is 22.7 Å². The second kappa shape index (κ2) is 12.4. The van der Waals surface area contributed by atoms with Crippen LogP contribution in [0.2, 0.25) is 0 Å². The first-order valence-corrected chi connectivity index (χ1v) is 20.6. The summed E-state index contributed by atoms with van der Waals surface area (Å²) < 4.78 is 7.67. The molecule has 56 heavy (non-hydrogen) atoms. The van der Waals surface area contributed by atoms with Crippen LogP contribution in [0.5, 0.6) is 0 Å². The maximum atomic E-state index is 2.43. The average molecular weight is 749 g/mol. The van der Waals surface area contributed by atoms with E-state index in [1.807, 2.05) is 22.7 Å². The molecule has 12 aromatic rings. The summed E-state index contributed by atoms with van der Waals surface area (Å²) in [6.45, 7) is 0. The zero-order chi connectivity index (χ0) is 36.7. The van der Waals surface area contributed by atoms with E-state index < -0.39 is 0 Å². The van der Waals surface area contributed by atoms with E-state index in [1.165, 1.54) is 84.0 Å². The number of fused-ring (bicyclic) bond motifs is 11. The number of anilines is 3. The summed E-state index contributed by atoms with van der Waals surface area (Å²) in [6.07, 6.45) is 0. The molecule has 0 unspecified atom stereocenters. The minimum Gasteiger partial charge on any atom is -0.310 e. The molecule has 0 amide bonds. The Kier molecular flexibility index (Phi) is 7.00. The Morgan fingerprint density at radius 3 is 1.66 bits per heavy atom. The van der Waals surface area contributed by atoms with Gasteiger partial charge in [-0.1, -0.05) is 121 Å². The average Bonchev–Trinajstić information content (AvgIpc) is 3.93. The molecule has 3 aromatic heterocycles. The molecule has 262 valence electrons. The third kappa shape index (κ3) is 4.86. The first kappa shape index (κ1) is 31.6. The standard InChI is InChI=1S/C52H32N2S2/c1-2-10-40-35(9-1)21-28-45-41-11-3-6-14-47(41)54(52(40)45)37-24-19-34(20-25-37)33-17-22-36(23-18-33)53(38-27-30-50-46(31-38)43-13-5-8-16-49(43)55-50)39-26-29-44-42-12-4-7-15-48(42)56-51(44)32-39/h1-32H. The zero-order valence-corrected chi connectivity index (χ0v) is 31.8. The molecule has 0 N–H and O–H groups in total. The molecule has 0 spiro atoms. The van der Waals surface area contributed by atoms with Crippen LogP contribution in [0.15, 0.2) is 194 Å². The van der Waals surface area contributed by atoms with Gasteiger partial charge in [0, 0.05) is 79.3 Å². The van der Waals surface area contributed by atoms with Gasteiger partial charge in [-0.05, 0) is 89.3 Å². The Bertz CT molecular complexity index is 3480. The molecule has 0 bridgehead atoms. The molecule has 0 atom stereocenters. The molecule has 3 heterocycles. The Hall–Kier alpha value is -6.72. The second-order valence-electron chi connectivity index (χ2n) is 14.5. The van der Waals surface area contributed by atoms with Crippen LogP contribution < -0.4 is 4.90 Å². The molecule has 0 fully saturated rings. The Morgan fingerprint density at radius 2 is 0.875 bits per heavy atom. The summed E-state index contributed by atoms with van der Waals surface area (Å²) in [7, 11) is 0.